The third-order valence-corrected chi connectivity index (χ3v) is 5.90. The Morgan fingerprint density at radius 3 is 2.59 bits per heavy atom. The zero-order chi connectivity index (χ0) is 21.0. The molecule has 3 rings (SSSR count). The van der Waals surface area contributed by atoms with Crippen molar-refractivity contribution in [1.29, 1.82) is 0 Å². The van der Waals surface area contributed by atoms with E-state index in [4.69, 9.17) is 4.74 Å². The van der Waals surface area contributed by atoms with E-state index in [9.17, 15) is 4.79 Å². The van der Waals surface area contributed by atoms with Crippen LogP contribution in [0.1, 0.15) is 33.2 Å². The Morgan fingerprint density at radius 2 is 1.93 bits per heavy atom. The van der Waals surface area contributed by atoms with Crippen LogP contribution in [-0.2, 0) is 11.8 Å². The molecule has 1 amide bonds. The number of nitrogens with one attached hydrogen (secondary N) is 1. The predicted octanol–water partition coefficient (Wildman–Crippen LogP) is 3.78. The topological polar surface area (TPSA) is 86.9 Å². The van der Waals surface area contributed by atoms with Gasteiger partial charge >= 0.3 is 0 Å². The molecule has 29 heavy (non-hydrogen) atoms. The molecule has 0 unspecified atom stereocenters. The maximum atomic E-state index is 12.7. The van der Waals surface area contributed by atoms with E-state index in [1.807, 2.05) is 53.6 Å². The van der Waals surface area contributed by atoms with Crippen molar-refractivity contribution in [2.75, 3.05) is 12.4 Å². The molecule has 154 valence electrons. The molecule has 9 heteroatoms. The maximum Gasteiger partial charge on any atom is 0.238 e. The van der Waals surface area contributed by atoms with Crippen molar-refractivity contribution in [2.45, 2.75) is 43.6 Å². The van der Waals surface area contributed by atoms with Crippen LogP contribution in [0.25, 0.3) is 11.4 Å². The highest BCUT2D eigenvalue weighted by atomic mass is 32.2. The second-order valence-electron chi connectivity index (χ2n) is 6.76. The quantitative estimate of drug-likeness (QED) is 0.565. The molecule has 3 aromatic rings. The summed E-state index contributed by atoms with van der Waals surface area (Å²) < 4.78 is 8.92. The average Bonchev–Trinajstić information content (AvgIpc) is 3.34. The predicted molar refractivity (Wildman–Crippen MR) is 114 cm³/mol. The van der Waals surface area contributed by atoms with Gasteiger partial charge in [0.1, 0.15) is 11.6 Å². The Kier molecular flexibility index (Phi) is 6.58. The lowest BCUT2D eigenvalue weighted by Crippen LogP contribution is -2.25. The van der Waals surface area contributed by atoms with Crippen molar-refractivity contribution in [2.24, 2.45) is 7.05 Å². The number of amides is 1. The van der Waals surface area contributed by atoms with E-state index in [0.717, 1.165) is 23.6 Å². The molecule has 0 saturated carbocycles. The molecule has 0 aliphatic heterocycles. The van der Waals surface area contributed by atoms with Gasteiger partial charge in [-0.05, 0) is 44.5 Å². The third kappa shape index (κ3) is 4.61. The van der Waals surface area contributed by atoms with E-state index in [1.54, 1.807) is 13.3 Å². The molecule has 8 nitrogen and oxygen atoms in total. The molecule has 0 fully saturated rings. The molecular weight excluding hydrogens is 388 g/mol. The van der Waals surface area contributed by atoms with Crippen LogP contribution in [0, 0.1) is 0 Å². The first kappa shape index (κ1) is 20.9. The molecule has 0 aliphatic rings. The number of hydrogen-bond donors (Lipinski definition) is 1. The Bertz CT molecular complexity index is 966. The van der Waals surface area contributed by atoms with Gasteiger partial charge in [-0.25, -0.2) is 4.68 Å². The van der Waals surface area contributed by atoms with Crippen molar-refractivity contribution < 1.29 is 9.53 Å². The fraction of sp³-hybridized carbons (Fsp3) is 0.400. The molecule has 2 aromatic heterocycles. The minimum atomic E-state index is -0.345. The maximum absolute atomic E-state index is 12.7. The Labute approximate surface area is 174 Å². The molecular formula is C20H26N6O2S. The van der Waals surface area contributed by atoms with Crippen LogP contribution in [0.5, 0.6) is 5.75 Å². The summed E-state index contributed by atoms with van der Waals surface area (Å²) in [4.78, 5) is 12.7. The second-order valence-corrected chi connectivity index (χ2v) is 8.07. The van der Waals surface area contributed by atoms with Gasteiger partial charge in [0.2, 0.25) is 5.91 Å². The zero-order valence-electron chi connectivity index (χ0n) is 17.3. The lowest BCUT2D eigenvalue weighted by Gasteiger charge is -2.16. The number of carbonyl (C=O) groups excluding carboxylic acids is 1. The number of benzene rings is 1. The monoisotopic (exact) mass is 414 g/mol. The van der Waals surface area contributed by atoms with E-state index in [2.05, 4.69) is 34.5 Å². The summed E-state index contributed by atoms with van der Waals surface area (Å²) in [6, 6.07) is 9.66. The summed E-state index contributed by atoms with van der Waals surface area (Å²) >= 11 is 1.37. The van der Waals surface area contributed by atoms with Crippen molar-refractivity contribution in [3.63, 3.8) is 0 Å². The van der Waals surface area contributed by atoms with E-state index in [-0.39, 0.29) is 17.2 Å². The molecule has 0 spiro atoms. The Hall–Kier alpha value is -2.81. The van der Waals surface area contributed by atoms with Gasteiger partial charge in [0.15, 0.2) is 11.0 Å². The summed E-state index contributed by atoms with van der Waals surface area (Å²) in [5, 5.41) is 16.1. The first-order valence-electron chi connectivity index (χ1n) is 9.49. The van der Waals surface area contributed by atoms with Gasteiger partial charge in [-0.3, -0.25) is 4.79 Å². The minimum Gasteiger partial charge on any atom is -0.497 e. The molecule has 0 radical (unpaired) electrons. The SMILES string of the molecule is CC[C@@H](C)n1nccc1NC(=O)[C@H](C)Sc1nnc(-c2ccc(OC)cc2)n1C. The van der Waals surface area contributed by atoms with E-state index >= 15 is 0 Å². The largest absolute Gasteiger partial charge is 0.497 e. The summed E-state index contributed by atoms with van der Waals surface area (Å²) in [5.41, 5.74) is 0.933. The van der Waals surface area contributed by atoms with Crippen LogP contribution in [0.15, 0.2) is 41.7 Å². The van der Waals surface area contributed by atoms with Gasteiger partial charge in [-0.1, -0.05) is 18.7 Å². The smallest absolute Gasteiger partial charge is 0.238 e. The molecule has 2 atom stereocenters. The molecule has 1 aromatic carbocycles. The van der Waals surface area contributed by atoms with Crippen molar-refractivity contribution in [1.82, 2.24) is 24.5 Å². The van der Waals surface area contributed by atoms with Crippen molar-refractivity contribution in [3.8, 4) is 17.1 Å². The lowest BCUT2D eigenvalue weighted by molar-refractivity contribution is -0.115. The number of carbonyl (C=O) groups is 1. The van der Waals surface area contributed by atoms with Gasteiger partial charge in [-0.15, -0.1) is 10.2 Å². The van der Waals surface area contributed by atoms with Crippen LogP contribution in [0.2, 0.25) is 0 Å². The molecule has 2 heterocycles. The van der Waals surface area contributed by atoms with Gasteiger partial charge in [0, 0.05) is 18.7 Å². The fourth-order valence-corrected chi connectivity index (χ4v) is 3.60. The number of ether oxygens (including phenoxy) is 1. The Morgan fingerprint density at radius 1 is 1.21 bits per heavy atom. The van der Waals surface area contributed by atoms with E-state index < -0.39 is 0 Å². The van der Waals surface area contributed by atoms with Gasteiger partial charge in [0.25, 0.3) is 0 Å². The summed E-state index contributed by atoms with van der Waals surface area (Å²) in [5.74, 6) is 2.12. The van der Waals surface area contributed by atoms with E-state index in [1.165, 1.54) is 11.8 Å². The third-order valence-electron chi connectivity index (χ3n) is 4.76. The van der Waals surface area contributed by atoms with Gasteiger partial charge in [-0.2, -0.15) is 5.10 Å². The average molecular weight is 415 g/mol. The van der Waals surface area contributed by atoms with Gasteiger partial charge < -0.3 is 14.6 Å². The van der Waals surface area contributed by atoms with Crippen LogP contribution in [0.3, 0.4) is 0 Å². The lowest BCUT2D eigenvalue weighted by atomic mass is 10.2. The number of thioether (sulfide) groups is 1. The molecule has 0 aliphatic carbocycles. The number of rotatable bonds is 8. The molecule has 0 saturated heterocycles. The van der Waals surface area contributed by atoms with Crippen LogP contribution in [-0.4, -0.2) is 42.8 Å². The Balaban J connectivity index is 1.69. The number of hydrogen-bond acceptors (Lipinski definition) is 6. The van der Waals surface area contributed by atoms with Crippen LogP contribution >= 0.6 is 11.8 Å². The highest BCUT2D eigenvalue weighted by molar-refractivity contribution is 8.00. The van der Waals surface area contributed by atoms with Crippen LogP contribution < -0.4 is 10.1 Å². The summed E-state index contributed by atoms with van der Waals surface area (Å²) in [6.45, 7) is 6.01. The molecule has 0 bridgehead atoms. The second kappa shape index (κ2) is 9.13. The number of aromatic nitrogens is 5. The fourth-order valence-electron chi connectivity index (χ4n) is 2.79. The first-order chi connectivity index (χ1) is 13.9. The standard InChI is InChI=1S/C20H26N6O2S/c1-6-13(2)26-17(11-12-21-26)22-19(27)14(3)29-20-24-23-18(25(20)4)15-7-9-16(28-5)10-8-15/h7-14H,6H2,1-5H3,(H,22,27)/t13-,14+/m1/s1. The van der Waals surface area contributed by atoms with E-state index in [0.29, 0.717) is 11.0 Å². The first-order valence-corrected chi connectivity index (χ1v) is 10.4. The highest BCUT2D eigenvalue weighted by Gasteiger charge is 2.21. The summed E-state index contributed by atoms with van der Waals surface area (Å²) in [6.07, 6.45) is 2.63. The minimum absolute atomic E-state index is 0.103. The summed E-state index contributed by atoms with van der Waals surface area (Å²) in [7, 11) is 3.53. The molecule has 1 N–H and O–H groups in total. The number of anilines is 1. The number of methoxy groups -OCH3 is 1. The highest BCUT2D eigenvalue weighted by Crippen LogP contribution is 2.27. The number of nitrogens with zero attached hydrogens (tertiary/aromatic N) is 5. The van der Waals surface area contributed by atoms with Crippen LogP contribution in [0.4, 0.5) is 5.82 Å². The van der Waals surface area contributed by atoms with Crippen molar-refractivity contribution >= 4 is 23.5 Å². The zero-order valence-corrected chi connectivity index (χ0v) is 18.1. The van der Waals surface area contributed by atoms with Gasteiger partial charge in [0.05, 0.1) is 24.6 Å². The van der Waals surface area contributed by atoms with Crippen molar-refractivity contribution in [3.05, 3.63) is 36.5 Å². The normalized spacial score (nSPS) is 13.1.